The van der Waals surface area contributed by atoms with Gasteiger partial charge in [-0.1, -0.05) is 6.92 Å². The van der Waals surface area contributed by atoms with Crippen molar-refractivity contribution in [3.63, 3.8) is 0 Å². The summed E-state index contributed by atoms with van der Waals surface area (Å²) in [4.78, 5) is -0.832. The molecule has 1 atom stereocenters. The molecule has 0 amide bonds. The summed E-state index contributed by atoms with van der Waals surface area (Å²) in [5.41, 5.74) is 0. The molecule has 0 aliphatic carbocycles. The highest BCUT2D eigenvalue weighted by Gasteiger charge is 2.31. The lowest BCUT2D eigenvalue weighted by molar-refractivity contribution is 0.376. The van der Waals surface area contributed by atoms with Gasteiger partial charge in [0.1, 0.15) is 4.90 Å². The average molecular weight is 322 g/mol. The minimum atomic E-state index is -4.20. The zero-order valence-electron chi connectivity index (χ0n) is 11.6. The van der Waals surface area contributed by atoms with Crippen LogP contribution in [-0.4, -0.2) is 38.4 Å². The molecule has 1 unspecified atom stereocenters. The number of sulfonamides is 1. The summed E-state index contributed by atoms with van der Waals surface area (Å²) in [7, 11) is -4.20. The van der Waals surface area contributed by atoms with Gasteiger partial charge >= 0.3 is 0 Å². The van der Waals surface area contributed by atoms with E-state index in [1.165, 1.54) is 0 Å². The molecule has 1 heterocycles. The predicted octanol–water partition coefficient (Wildman–Crippen LogP) is 1.87. The zero-order valence-corrected chi connectivity index (χ0v) is 12.4. The van der Waals surface area contributed by atoms with Crippen molar-refractivity contribution >= 4 is 10.0 Å². The van der Waals surface area contributed by atoms with Crippen LogP contribution in [0.4, 0.5) is 13.2 Å². The maximum atomic E-state index is 13.7. The van der Waals surface area contributed by atoms with Crippen molar-refractivity contribution in [2.45, 2.75) is 30.7 Å². The summed E-state index contributed by atoms with van der Waals surface area (Å²) < 4.78 is 65.8. The molecule has 1 aliphatic rings. The number of nitrogens with one attached hydrogen (secondary N) is 1. The van der Waals surface area contributed by atoms with Crippen LogP contribution in [0.5, 0.6) is 0 Å². The second-order valence-corrected chi connectivity index (χ2v) is 6.83. The van der Waals surface area contributed by atoms with Crippen LogP contribution >= 0.6 is 0 Å². The van der Waals surface area contributed by atoms with E-state index in [1.807, 2.05) is 0 Å². The number of benzene rings is 1. The molecule has 21 heavy (non-hydrogen) atoms. The molecule has 8 heteroatoms. The van der Waals surface area contributed by atoms with E-state index in [2.05, 4.69) is 5.32 Å². The molecule has 1 aromatic carbocycles. The Morgan fingerprint density at radius 1 is 1.29 bits per heavy atom. The second-order valence-electron chi connectivity index (χ2n) is 4.92. The van der Waals surface area contributed by atoms with Gasteiger partial charge in [0.2, 0.25) is 10.0 Å². The predicted molar refractivity (Wildman–Crippen MR) is 71.8 cm³/mol. The molecule has 0 bridgehead atoms. The van der Waals surface area contributed by atoms with Crippen molar-refractivity contribution in [1.29, 1.82) is 0 Å². The van der Waals surface area contributed by atoms with Crippen molar-refractivity contribution in [1.82, 2.24) is 9.62 Å². The molecule has 118 valence electrons. The van der Waals surface area contributed by atoms with E-state index in [9.17, 15) is 21.6 Å². The number of nitrogens with zero attached hydrogens (tertiary/aromatic N) is 1. The van der Waals surface area contributed by atoms with Crippen molar-refractivity contribution in [2.24, 2.45) is 0 Å². The monoisotopic (exact) mass is 322 g/mol. The third-order valence-corrected chi connectivity index (χ3v) is 5.51. The molecule has 1 N–H and O–H groups in total. The number of hydrogen-bond acceptors (Lipinski definition) is 3. The van der Waals surface area contributed by atoms with E-state index in [0.29, 0.717) is 6.07 Å². The van der Waals surface area contributed by atoms with Gasteiger partial charge in [0.15, 0.2) is 17.5 Å². The Labute approximate surface area is 122 Å². The van der Waals surface area contributed by atoms with Crippen LogP contribution in [0.15, 0.2) is 17.0 Å². The van der Waals surface area contributed by atoms with Crippen LogP contribution in [0, 0.1) is 17.5 Å². The molecule has 1 fully saturated rings. The number of likely N-dealkylation sites (N-methyl/N-ethyl adjacent to an activating group) is 1. The normalized spacial score (nSPS) is 19.4. The van der Waals surface area contributed by atoms with Gasteiger partial charge in [-0.2, -0.15) is 4.31 Å². The fraction of sp³-hybridized carbons (Fsp3) is 0.538. The van der Waals surface area contributed by atoms with Gasteiger partial charge in [-0.25, -0.2) is 21.6 Å². The van der Waals surface area contributed by atoms with Crippen molar-refractivity contribution in [2.75, 3.05) is 19.6 Å². The van der Waals surface area contributed by atoms with Gasteiger partial charge in [-0.15, -0.1) is 0 Å². The Balaban J connectivity index is 2.32. The molecule has 1 aliphatic heterocycles. The molecule has 4 nitrogen and oxygen atoms in total. The first-order valence-electron chi connectivity index (χ1n) is 6.75. The van der Waals surface area contributed by atoms with Gasteiger partial charge < -0.3 is 5.32 Å². The highest BCUT2D eigenvalue weighted by molar-refractivity contribution is 7.89. The molecule has 1 aromatic rings. The Hall–Kier alpha value is -1.12. The first-order chi connectivity index (χ1) is 9.87. The van der Waals surface area contributed by atoms with Crippen molar-refractivity contribution in [3.8, 4) is 0 Å². The molecular formula is C13H17F3N2O2S. The van der Waals surface area contributed by atoms with Crippen molar-refractivity contribution in [3.05, 3.63) is 29.6 Å². The van der Waals surface area contributed by atoms with Gasteiger partial charge in [-0.05, 0) is 31.5 Å². The van der Waals surface area contributed by atoms with E-state index in [0.717, 1.165) is 29.8 Å². The first-order valence-corrected chi connectivity index (χ1v) is 8.19. The largest absolute Gasteiger partial charge is 0.313 e. The van der Waals surface area contributed by atoms with Gasteiger partial charge in [0.25, 0.3) is 0 Å². The van der Waals surface area contributed by atoms with Crippen LogP contribution in [0.3, 0.4) is 0 Å². The summed E-state index contributed by atoms with van der Waals surface area (Å²) in [6.07, 6.45) is 1.77. The lowest BCUT2D eigenvalue weighted by Gasteiger charge is -2.24. The smallest absolute Gasteiger partial charge is 0.246 e. The lowest BCUT2D eigenvalue weighted by Crippen LogP contribution is -2.41. The summed E-state index contributed by atoms with van der Waals surface area (Å²) in [6.45, 7) is 2.72. The van der Waals surface area contributed by atoms with Crippen LogP contribution in [0.25, 0.3) is 0 Å². The molecular weight excluding hydrogens is 305 g/mol. The van der Waals surface area contributed by atoms with Gasteiger partial charge in [0.05, 0.1) is 0 Å². The molecule has 2 rings (SSSR count). The van der Waals surface area contributed by atoms with E-state index >= 15 is 0 Å². The van der Waals surface area contributed by atoms with E-state index in [-0.39, 0.29) is 19.1 Å². The second kappa shape index (κ2) is 6.33. The average Bonchev–Trinajstić information content (AvgIpc) is 2.94. The van der Waals surface area contributed by atoms with E-state index in [1.54, 1.807) is 6.92 Å². The Morgan fingerprint density at radius 2 is 2.00 bits per heavy atom. The molecule has 0 aromatic heterocycles. The minimum absolute atomic E-state index is 0.00641. The first kappa shape index (κ1) is 16.3. The van der Waals surface area contributed by atoms with Crippen LogP contribution < -0.4 is 5.32 Å². The highest BCUT2D eigenvalue weighted by Crippen LogP contribution is 2.23. The fourth-order valence-corrected chi connectivity index (χ4v) is 3.95. The van der Waals surface area contributed by atoms with Crippen molar-refractivity contribution < 1.29 is 21.6 Å². The number of halogens is 3. The maximum Gasteiger partial charge on any atom is 0.246 e. The van der Waals surface area contributed by atoms with Crippen LogP contribution in [0.1, 0.15) is 19.8 Å². The van der Waals surface area contributed by atoms with Crippen LogP contribution in [0.2, 0.25) is 0 Å². The Morgan fingerprint density at radius 3 is 2.57 bits per heavy atom. The minimum Gasteiger partial charge on any atom is -0.313 e. The Bertz CT molecular complexity index is 616. The zero-order chi connectivity index (χ0) is 15.6. The van der Waals surface area contributed by atoms with Gasteiger partial charge in [-0.3, -0.25) is 0 Å². The molecule has 0 saturated carbocycles. The molecule has 0 radical (unpaired) electrons. The quantitative estimate of drug-likeness (QED) is 0.842. The third kappa shape index (κ3) is 3.22. The summed E-state index contributed by atoms with van der Waals surface area (Å²) >= 11 is 0. The standard InChI is InChI=1S/C13H17F3N2O2S/c1-2-18(8-9-4-3-7-17-9)21(19,20)11-6-5-10(14)12(15)13(11)16/h5-6,9,17H,2-4,7-8H2,1H3. The Kier molecular flexibility index (Phi) is 4.90. The molecule has 1 saturated heterocycles. The SMILES string of the molecule is CCN(CC1CCCN1)S(=O)(=O)c1ccc(F)c(F)c1F. The van der Waals surface area contributed by atoms with E-state index < -0.39 is 32.4 Å². The topological polar surface area (TPSA) is 49.4 Å². The third-order valence-electron chi connectivity index (χ3n) is 3.56. The lowest BCUT2D eigenvalue weighted by atomic mass is 10.2. The van der Waals surface area contributed by atoms with Gasteiger partial charge in [0, 0.05) is 19.1 Å². The highest BCUT2D eigenvalue weighted by atomic mass is 32.2. The number of rotatable bonds is 5. The number of hydrogen-bond donors (Lipinski definition) is 1. The fourth-order valence-electron chi connectivity index (χ4n) is 2.40. The summed E-state index contributed by atoms with van der Waals surface area (Å²) in [6, 6.07) is 1.37. The molecule has 0 spiro atoms. The summed E-state index contributed by atoms with van der Waals surface area (Å²) in [5, 5.41) is 3.15. The van der Waals surface area contributed by atoms with Crippen LogP contribution in [-0.2, 0) is 10.0 Å². The maximum absolute atomic E-state index is 13.7. The van der Waals surface area contributed by atoms with E-state index in [4.69, 9.17) is 0 Å². The summed E-state index contributed by atoms with van der Waals surface area (Å²) in [5.74, 6) is -4.86.